The van der Waals surface area contributed by atoms with Crippen molar-refractivity contribution in [3.63, 3.8) is 0 Å². The molecule has 0 spiro atoms. The lowest BCUT2D eigenvalue weighted by molar-refractivity contribution is 0.269. The highest BCUT2D eigenvalue weighted by Gasteiger charge is 1.98. The van der Waals surface area contributed by atoms with Gasteiger partial charge in [-0.1, -0.05) is 38.1 Å². The zero-order chi connectivity index (χ0) is 11.1. The summed E-state index contributed by atoms with van der Waals surface area (Å²) in [5, 5.41) is 0. The van der Waals surface area contributed by atoms with Crippen LogP contribution in [0.1, 0.15) is 27.2 Å². The molecule has 1 unspecified atom stereocenters. The lowest BCUT2D eigenvalue weighted by atomic mass is 10.1. The Balaban J connectivity index is 2.36. The molecule has 0 radical (unpaired) electrons. The molecular weight excluding hydrogens is 184 g/mol. The third kappa shape index (κ3) is 5.26. The number of hydrogen-bond donors (Lipinski definition) is 0. The third-order valence-electron chi connectivity index (χ3n) is 2.08. The Hall–Kier alpha value is -1.24. The first-order valence-corrected chi connectivity index (χ1v) is 5.57. The van der Waals surface area contributed by atoms with Crippen LogP contribution < -0.4 is 4.74 Å². The maximum absolute atomic E-state index is 5.71. The quantitative estimate of drug-likeness (QED) is 0.657. The maximum atomic E-state index is 5.71. The molecule has 0 aromatic heterocycles. The van der Waals surface area contributed by atoms with Gasteiger partial charge in [-0.05, 0) is 37.5 Å². The molecule has 1 nitrogen and oxygen atoms in total. The van der Waals surface area contributed by atoms with E-state index in [1.165, 1.54) is 0 Å². The van der Waals surface area contributed by atoms with Gasteiger partial charge in [0.1, 0.15) is 11.9 Å². The Morgan fingerprint density at radius 2 is 1.80 bits per heavy atom. The van der Waals surface area contributed by atoms with Gasteiger partial charge >= 0.3 is 0 Å². The minimum absolute atomic E-state index is 0.145. The SMILES string of the molecule is CC(C)CC=CC(C)Oc1ccccc1. The first-order chi connectivity index (χ1) is 7.18. The van der Waals surface area contributed by atoms with Crippen molar-refractivity contribution in [1.29, 1.82) is 0 Å². The van der Waals surface area contributed by atoms with Crippen molar-refractivity contribution in [1.82, 2.24) is 0 Å². The van der Waals surface area contributed by atoms with Crippen LogP contribution in [0, 0.1) is 5.92 Å². The fraction of sp³-hybridized carbons (Fsp3) is 0.429. The van der Waals surface area contributed by atoms with Crippen molar-refractivity contribution in [2.45, 2.75) is 33.3 Å². The van der Waals surface area contributed by atoms with Gasteiger partial charge in [0, 0.05) is 0 Å². The van der Waals surface area contributed by atoms with Crippen LogP contribution in [0.5, 0.6) is 5.75 Å². The van der Waals surface area contributed by atoms with E-state index in [-0.39, 0.29) is 6.10 Å². The molecule has 0 fully saturated rings. The minimum Gasteiger partial charge on any atom is -0.487 e. The van der Waals surface area contributed by atoms with Crippen LogP contribution in [0.15, 0.2) is 42.5 Å². The molecule has 0 N–H and O–H groups in total. The summed E-state index contributed by atoms with van der Waals surface area (Å²) in [6.07, 6.45) is 5.57. The molecule has 82 valence electrons. The van der Waals surface area contributed by atoms with Gasteiger partial charge in [0.25, 0.3) is 0 Å². The number of benzene rings is 1. The molecule has 1 heteroatoms. The summed E-state index contributed by atoms with van der Waals surface area (Å²) >= 11 is 0. The smallest absolute Gasteiger partial charge is 0.120 e. The normalized spacial score (nSPS) is 13.3. The molecule has 15 heavy (non-hydrogen) atoms. The number of rotatable bonds is 5. The summed E-state index contributed by atoms with van der Waals surface area (Å²) < 4.78 is 5.71. The van der Waals surface area contributed by atoms with Crippen LogP contribution in [-0.4, -0.2) is 6.10 Å². The van der Waals surface area contributed by atoms with E-state index in [1.807, 2.05) is 30.3 Å². The third-order valence-corrected chi connectivity index (χ3v) is 2.08. The minimum atomic E-state index is 0.145. The van der Waals surface area contributed by atoms with Crippen molar-refractivity contribution in [3.8, 4) is 5.75 Å². The second kappa shape index (κ2) is 6.28. The van der Waals surface area contributed by atoms with Crippen LogP contribution in [-0.2, 0) is 0 Å². The molecule has 0 saturated heterocycles. The van der Waals surface area contributed by atoms with Crippen molar-refractivity contribution in [2.24, 2.45) is 5.92 Å². The van der Waals surface area contributed by atoms with Crippen molar-refractivity contribution in [2.75, 3.05) is 0 Å². The Morgan fingerprint density at radius 1 is 1.13 bits per heavy atom. The maximum Gasteiger partial charge on any atom is 0.120 e. The van der Waals surface area contributed by atoms with Gasteiger partial charge in [-0.15, -0.1) is 0 Å². The van der Waals surface area contributed by atoms with Crippen LogP contribution >= 0.6 is 0 Å². The van der Waals surface area contributed by atoms with Crippen LogP contribution in [0.25, 0.3) is 0 Å². The van der Waals surface area contributed by atoms with Gasteiger partial charge in [0.15, 0.2) is 0 Å². The van der Waals surface area contributed by atoms with Crippen LogP contribution in [0.3, 0.4) is 0 Å². The standard InChI is InChI=1S/C14H20O/c1-12(2)8-7-9-13(3)15-14-10-5-4-6-11-14/h4-7,9-13H,8H2,1-3H3. The van der Waals surface area contributed by atoms with E-state index < -0.39 is 0 Å². The molecule has 1 aromatic rings. The van der Waals surface area contributed by atoms with E-state index in [0.29, 0.717) is 5.92 Å². The summed E-state index contributed by atoms with van der Waals surface area (Å²) in [5.74, 6) is 1.64. The van der Waals surface area contributed by atoms with Gasteiger partial charge < -0.3 is 4.74 Å². The molecule has 0 aliphatic heterocycles. The monoisotopic (exact) mass is 204 g/mol. The molecule has 1 atom stereocenters. The van der Waals surface area contributed by atoms with E-state index in [9.17, 15) is 0 Å². The Labute approximate surface area is 92.8 Å². The topological polar surface area (TPSA) is 9.23 Å². The molecule has 0 aliphatic rings. The second-order valence-corrected chi connectivity index (χ2v) is 4.19. The molecule has 0 saturated carbocycles. The van der Waals surface area contributed by atoms with Gasteiger partial charge in [-0.3, -0.25) is 0 Å². The Bertz CT molecular complexity index is 287. The molecule has 0 amide bonds. The summed E-state index contributed by atoms with van der Waals surface area (Å²) in [6, 6.07) is 9.92. The summed E-state index contributed by atoms with van der Waals surface area (Å²) in [7, 11) is 0. The predicted octanol–water partition coefficient (Wildman–Crippen LogP) is 4.06. The van der Waals surface area contributed by atoms with E-state index in [1.54, 1.807) is 0 Å². The average molecular weight is 204 g/mol. The number of para-hydroxylation sites is 1. The van der Waals surface area contributed by atoms with Crippen LogP contribution in [0.4, 0.5) is 0 Å². The van der Waals surface area contributed by atoms with Crippen molar-refractivity contribution >= 4 is 0 Å². The lowest BCUT2D eigenvalue weighted by Crippen LogP contribution is -2.07. The van der Waals surface area contributed by atoms with Gasteiger partial charge in [-0.2, -0.15) is 0 Å². The number of allylic oxidation sites excluding steroid dienone is 1. The molecule has 1 aromatic carbocycles. The summed E-state index contributed by atoms with van der Waals surface area (Å²) in [4.78, 5) is 0. The zero-order valence-electron chi connectivity index (χ0n) is 9.81. The highest BCUT2D eigenvalue weighted by atomic mass is 16.5. The Kier molecular flexibility index (Phi) is 4.96. The molecule has 1 rings (SSSR count). The highest BCUT2D eigenvalue weighted by molar-refractivity contribution is 5.21. The van der Waals surface area contributed by atoms with E-state index in [0.717, 1.165) is 12.2 Å². The van der Waals surface area contributed by atoms with Crippen molar-refractivity contribution < 1.29 is 4.74 Å². The van der Waals surface area contributed by atoms with Gasteiger partial charge in [0.05, 0.1) is 0 Å². The van der Waals surface area contributed by atoms with Gasteiger partial charge in [-0.25, -0.2) is 0 Å². The van der Waals surface area contributed by atoms with Gasteiger partial charge in [0.2, 0.25) is 0 Å². The molecular formula is C14H20O. The van der Waals surface area contributed by atoms with Crippen LogP contribution in [0.2, 0.25) is 0 Å². The largest absolute Gasteiger partial charge is 0.487 e. The molecule has 0 heterocycles. The highest BCUT2D eigenvalue weighted by Crippen LogP contribution is 2.11. The summed E-state index contributed by atoms with van der Waals surface area (Å²) in [5.41, 5.74) is 0. The first-order valence-electron chi connectivity index (χ1n) is 5.57. The molecule has 0 bridgehead atoms. The zero-order valence-corrected chi connectivity index (χ0v) is 9.81. The lowest BCUT2D eigenvalue weighted by Gasteiger charge is -2.10. The predicted molar refractivity (Wildman–Crippen MR) is 65.1 cm³/mol. The average Bonchev–Trinajstić information content (AvgIpc) is 2.18. The second-order valence-electron chi connectivity index (χ2n) is 4.19. The van der Waals surface area contributed by atoms with Crippen molar-refractivity contribution in [3.05, 3.63) is 42.5 Å². The van der Waals surface area contributed by atoms with E-state index >= 15 is 0 Å². The number of ether oxygens (including phenoxy) is 1. The Morgan fingerprint density at radius 3 is 2.40 bits per heavy atom. The van der Waals surface area contributed by atoms with E-state index in [2.05, 4.69) is 32.9 Å². The molecule has 0 aliphatic carbocycles. The fourth-order valence-corrected chi connectivity index (χ4v) is 1.30. The summed E-state index contributed by atoms with van der Waals surface area (Å²) in [6.45, 7) is 6.49. The fourth-order valence-electron chi connectivity index (χ4n) is 1.30. The van der Waals surface area contributed by atoms with E-state index in [4.69, 9.17) is 4.74 Å². The number of hydrogen-bond acceptors (Lipinski definition) is 1. The first kappa shape index (κ1) is 11.8.